The van der Waals surface area contributed by atoms with Gasteiger partial charge in [0.05, 0.1) is 0 Å². The summed E-state index contributed by atoms with van der Waals surface area (Å²) in [5.41, 5.74) is 2.60. The van der Waals surface area contributed by atoms with Crippen LogP contribution in [0.1, 0.15) is 24.1 Å². The van der Waals surface area contributed by atoms with Crippen molar-refractivity contribution in [3.8, 4) is 0 Å². The van der Waals surface area contributed by atoms with Gasteiger partial charge in [0.2, 0.25) is 0 Å². The molecule has 15 heavy (non-hydrogen) atoms. The van der Waals surface area contributed by atoms with Crippen molar-refractivity contribution in [1.82, 2.24) is 9.97 Å². The molecule has 0 bridgehead atoms. The van der Waals surface area contributed by atoms with Gasteiger partial charge in [-0.2, -0.15) is 11.8 Å². The lowest BCUT2D eigenvalue weighted by Gasteiger charge is -2.08. The van der Waals surface area contributed by atoms with Gasteiger partial charge in [0, 0.05) is 17.8 Å². The Hall–Kier alpha value is -0.770. The minimum absolute atomic E-state index is 1.02. The largest absolute Gasteiger partial charge is 0.370 e. The highest BCUT2D eigenvalue weighted by atomic mass is 32.2. The van der Waals surface area contributed by atoms with Crippen LogP contribution in [0.3, 0.4) is 0 Å². The molecule has 1 N–H and O–H groups in total. The first-order valence-corrected chi connectivity index (χ1v) is 6.87. The Bertz CT molecular complexity index is 328. The smallest absolute Gasteiger partial charge is 0.132 e. The molecule has 0 fully saturated rings. The summed E-state index contributed by atoms with van der Waals surface area (Å²) >= 11 is 1.89. The first-order valence-electron chi connectivity index (χ1n) is 5.47. The number of hydrogen-bond acceptors (Lipinski definition) is 4. The molecular weight excluding hydrogens is 206 g/mol. The van der Waals surface area contributed by atoms with Crippen molar-refractivity contribution in [2.24, 2.45) is 0 Å². The number of nitrogens with zero attached hydrogens (tertiary/aromatic N) is 2. The van der Waals surface area contributed by atoms with Crippen molar-refractivity contribution in [2.45, 2.75) is 25.7 Å². The summed E-state index contributed by atoms with van der Waals surface area (Å²) in [7, 11) is 0. The monoisotopic (exact) mass is 223 g/mol. The molecule has 0 spiro atoms. The molecule has 0 aliphatic heterocycles. The first-order chi connectivity index (χ1) is 7.42. The highest BCUT2D eigenvalue weighted by molar-refractivity contribution is 7.98. The van der Waals surface area contributed by atoms with E-state index in [9.17, 15) is 0 Å². The van der Waals surface area contributed by atoms with E-state index in [0.717, 1.165) is 25.2 Å². The minimum atomic E-state index is 1.02. The normalized spacial score (nSPS) is 13.9. The van der Waals surface area contributed by atoms with E-state index in [0.29, 0.717) is 0 Å². The first kappa shape index (κ1) is 10.7. The van der Waals surface area contributed by atoms with Gasteiger partial charge in [-0.15, -0.1) is 0 Å². The second-order valence-corrected chi connectivity index (χ2v) is 4.76. The predicted octanol–water partition coefficient (Wildman–Crippen LogP) is 2.13. The Morgan fingerprint density at radius 3 is 3.20 bits per heavy atom. The second-order valence-electron chi connectivity index (χ2n) is 3.77. The highest BCUT2D eigenvalue weighted by Gasteiger charge is 2.16. The average molecular weight is 223 g/mol. The van der Waals surface area contributed by atoms with Gasteiger partial charge in [-0.05, 0) is 37.7 Å². The van der Waals surface area contributed by atoms with Crippen LogP contribution in [0.15, 0.2) is 6.33 Å². The molecule has 2 rings (SSSR count). The molecule has 0 amide bonds. The number of rotatable bonds is 5. The standard InChI is InChI=1S/C11H17N3S/c1-15-7-3-6-12-11-9-4-2-5-10(9)13-8-14-11/h8H,2-7H2,1H3,(H,12,13,14). The highest BCUT2D eigenvalue weighted by Crippen LogP contribution is 2.24. The zero-order valence-electron chi connectivity index (χ0n) is 9.12. The van der Waals surface area contributed by atoms with Crippen molar-refractivity contribution in [3.05, 3.63) is 17.6 Å². The van der Waals surface area contributed by atoms with Crippen LogP contribution in [-0.2, 0) is 12.8 Å². The van der Waals surface area contributed by atoms with E-state index in [1.165, 1.54) is 29.9 Å². The van der Waals surface area contributed by atoms with Crippen molar-refractivity contribution in [1.29, 1.82) is 0 Å². The summed E-state index contributed by atoms with van der Waals surface area (Å²) in [6.07, 6.45) is 8.51. The minimum Gasteiger partial charge on any atom is -0.370 e. The molecule has 1 heterocycles. The fraction of sp³-hybridized carbons (Fsp3) is 0.636. The van der Waals surface area contributed by atoms with Gasteiger partial charge in [-0.25, -0.2) is 9.97 Å². The van der Waals surface area contributed by atoms with Crippen LogP contribution in [0, 0.1) is 0 Å². The molecule has 1 aliphatic carbocycles. The van der Waals surface area contributed by atoms with Gasteiger partial charge in [-0.1, -0.05) is 0 Å². The molecule has 1 aromatic heterocycles. The molecule has 3 nitrogen and oxygen atoms in total. The number of thioether (sulfide) groups is 1. The van der Waals surface area contributed by atoms with Gasteiger partial charge >= 0.3 is 0 Å². The van der Waals surface area contributed by atoms with Gasteiger partial charge in [0.15, 0.2) is 0 Å². The Morgan fingerprint density at radius 1 is 1.40 bits per heavy atom. The molecule has 0 radical (unpaired) electrons. The Morgan fingerprint density at radius 2 is 2.33 bits per heavy atom. The fourth-order valence-electron chi connectivity index (χ4n) is 1.94. The molecule has 4 heteroatoms. The quantitative estimate of drug-likeness (QED) is 0.776. The topological polar surface area (TPSA) is 37.8 Å². The molecular formula is C11H17N3S. The maximum absolute atomic E-state index is 4.32. The van der Waals surface area contributed by atoms with Gasteiger partial charge in [-0.3, -0.25) is 0 Å². The van der Waals surface area contributed by atoms with Crippen molar-refractivity contribution in [2.75, 3.05) is 23.9 Å². The van der Waals surface area contributed by atoms with Gasteiger partial charge in [0.25, 0.3) is 0 Å². The van der Waals surface area contributed by atoms with Crippen LogP contribution in [0.5, 0.6) is 0 Å². The number of nitrogens with one attached hydrogen (secondary N) is 1. The maximum Gasteiger partial charge on any atom is 0.132 e. The zero-order valence-corrected chi connectivity index (χ0v) is 9.94. The van der Waals surface area contributed by atoms with E-state index in [4.69, 9.17) is 0 Å². The number of hydrogen-bond donors (Lipinski definition) is 1. The summed E-state index contributed by atoms with van der Waals surface area (Å²) < 4.78 is 0. The number of aryl methyl sites for hydroxylation is 1. The number of fused-ring (bicyclic) bond motifs is 1. The van der Waals surface area contributed by atoms with Crippen molar-refractivity contribution in [3.63, 3.8) is 0 Å². The lowest BCUT2D eigenvalue weighted by molar-refractivity contribution is 0.899. The van der Waals surface area contributed by atoms with Crippen LogP contribution >= 0.6 is 11.8 Å². The van der Waals surface area contributed by atoms with E-state index >= 15 is 0 Å². The van der Waals surface area contributed by atoms with Gasteiger partial charge in [0.1, 0.15) is 12.1 Å². The SMILES string of the molecule is CSCCCNc1ncnc2c1CCC2. The maximum atomic E-state index is 4.32. The van der Waals surface area contributed by atoms with Crippen LogP contribution < -0.4 is 5.32 Å². The number of aromatic nitrogens is 2. The third kappa shape index (κ3) is 2.62. The van der Waals surface area contributed by atoms with E-state index in [1.54, 1.807) is 6.33 Å². The molecule has 0 saturated heterocycles. The van der Waals surface area contributed by atoms with Crippen molar-refractivity contribution >= 4 is 17.6 Å². The summed E-state index contributed by atoms with van der Waals surface area (Å²) in [6, 6.07) is 0. The molecule has 0 atom stereocenters. The predicted molar refractivity (Wildman–Crippen MR) is 65.5 cm³/mol. The molecule has 0 saturated carbocycles. The summed E-state index contributed by atoms with van der Waals surface area (Å²) in [5.74, 6) is 2.28. The molecule has 1 aliphatic rings. The zero-order chi connectivity index (χ0) is 10.5. The lowest BCUT2D eigenvalue weighted by Crippen LogP contribution is -2.07. The Kier molecular flexibility index (Phi) is 3.83. The van der Waals surface area contributed by atoms with E-state index in [1.807, 2.05) is 11.8 Å². The summed E-state index contributed by atoms with van der Waals surface area (Å²) in [5, 5.41) is 3.42. The fourth-order valence-corrected chi connectivity index (χ4v) is 2.37. The second kappa shape index (κ2) is 5.35. The molecule has 1 aromatic rings. The summed E-state index contributed by atoms with van der Waals surface area (Å²) in [6.45, 7) is 1.02. The van der Waals surface area contributed by atoms with Gasteiger partial charge < -0.3 is 5.32 Å². The Labute approximate surface area is 95.1 Å². The Balaban J connectivity index is 1.94. The molecule has 0 aromatic carbocycles. The van der Waals surface area contributed by atoms with Crippen LogP contribution in [-0.4, -0.2) is 28.5 Å². The van der Waals surface area contributed by atoms with Crippen LogP contribution in [0.25, 0.3) is 0 Å². The molecule has 0 unspecified atom stereocenters. The van der Waals surface area contributed by atoms with Crippen LogP contribution in [0.2, 0.25) is 0 Å². The third-order valence-electron chi connectivity index (χ3n) is 2.69. The summed E-state index contributed by atoms with van der Waals surface area (Å²) in [4.78, 5) is 8.63. The van der Waals surface area contributed by atoms with E-state index < -0.39 is 0 Å². The third-order valence-corrected chi connectivity index (χ3v) is 3.39. The average Bonchev–Trinajstić information content (AvgIpc) is 2.73. The van der Waals surface area contributed by atoms with Crippen molar-refractivity contribution < 1.29 is 0 Å². The molecule has 82 valence electrons. The van der Waals surface area contributed by atoms with E-state index in [-0.39, 0.29) is 0 Å². The lowest BCUT2D eigenvalue weighted by atomic mass is 10.2. The van der Waals surface area contributed by atoms with E-state index in [2.05, 4.69) is 21.5 Å². The van der Waals surface area contributed by atoms with Crippen LogP contribution in [0.4, 0.5) is 5.82 Å². The number of anilines is 1.